The van der Waals surface area contributed by atoms with Crippen LogP contribution in [0, 0.1) is 0 Å². The van der Waals surface area contributed by atoms with Gasteiger partial charge in [-0.1, -0.05) is 24.3 Å². The standard InChI is InChI=1S/C23H23N5O2/c1-24-23-26-19-8-5-16(12-18(19)22(27-23)25-17-6-7-17)15-4-2-3-14(11-15)13-28-20(29)9-10-21(28)30/h2-5,8-12,17,29-30H,6-7,13H2,1H3,(H2,24,25,26,27). The molecular formula is C23H23N5O2. The summed E-state index contributed by atoms with van der Waals surface area (Å²) in [6.07, 6.45) is 2.34. The molecule has 0 unspecified atom stereocenters. The molecule has 2 heterocycles. The van der Waals surface area contributed by atoms with E-state index in [0.717, 1.165) is 33.4 Å². The topological polar surface area (TPSA) is 95.2 Å². The molecule has 1 aliphatic carbocycles. The summed E-state index contributed by atoms with van der Waals surface area (Å²) in [5.41, 5.74) is 3.98. The van der Waals surface area contributed by atoms with E-state index < -0.39 is 0 Å². The second-order valence-corrected chi connectivity index (χ2v) is 7.63. The molecule has 0 saturated heterocycles. The van der Waals surface area contributed by atoms with Gasteiger partial charge in [-0.3, -0.25) is 4.57 Å². The van der Waals surface area contributed by atoms with Gasteiger partial charge < -0.3 is 20.8 Å². The first-order valence-electron chi connectivity index (χ1n) is 10.0. The Hall–Kier alpha value is -3.74. The maximum Gasteiger partial charge on any atom is 0.224 e. The summed E-state index contributed by atoms with van der Waals surface area (Å²) in [6, 6.07) is 17.7. The fourth-order valence-electron chi connectivity index (χ4n) is 3.59. The number of hydrogen-bond donors (Lipinski definition) is 4. The summed E-state index contributed by atoms with van der Waals surface area (Å²) >= 11 is 0. The highest BCUT2D eigenvalue weighted by Crippen LogP contribution is 2.32. The van der Waals surface area contributed by atoms with Gasteiger partial charge in [-0.2, -0.15) is 4.98 Å². The average Bonchev–Trinajstić information content (AvgIpc) is 3.53. The van der Waals surface area contributed by atoms with Gasteiger partial charge in [-0.15, -0.1) is 0 Å². The lowest BCUT2D eigenvalue weighted by Gasteiger charge is -2.12. The van der Waals surface area contributed by atoms with Crippen LogP contribution < -0.4 is 10.6 Å². The Kier molecular flexibility index (Phi) is 4.43. The van der Waals surface area contributed by atoms with Crippen LogP contribution in [-0.2, 0) is 6.54 Å². The SMILES string of the molecule is CNc1nc(NC2CC2)c2cc(-c3cccc(Cn4c(O)ccc4O)c3)ccc2n1. The largest absolute Gasteiger partial charge is 0.494 e. The van der Waals surface area contributed by atoms with Crippen molar-refractivity contribution in [3.8, 4) is 22.9 Å². The summed E-state index contributed by atoms with van der Waals surface area (Å²) in [7, 11) is 1.82. The fourth-order valence-corrected chi connectivity index (χ4v) is 3.59. The van der Waals surface area contributed by atoms with Crippen LogP contribution in [0.5, 0.6) is 11.8 Å². The van der Waals surface area contributed by atoms with Crippen molar-refractivity contribution in [3.63, 3.8) is 0 Å². The van der Waals surface area contributed by atoms with Crippen LogP contribution in [0.3, 0.4) is 0 Å². The fraction of sp³-hybridized carbons (Fsp3) is 0.217. The Morgan fingerprint density at radius 1 is 0.967 bits per heavy atom. The van der Waals surface area contributed by atoms with Gasteiger partial charge in [0.25, 0.3) is 0 Å². The highest BCUT2D eigenvalue weighted by Gasteiger charge is 2.23. The minimum Gasteiger partial charge on any atom is -0.494 e. The van der Waals surface area contributed by atoms with Crippen LogP contribution in [0.2, 0.25) is 0 Å². The summed E-state index contributed by atoms with van der Waals surface area (Å²) in [5.74, 6) is 1.53. The van der Waals surface area contributed by atoms with Gasteiger partial charge >= 0.3 is 0 Å². The first kappa shape index (κ1) is 18.3. The zero-order valence-corrected chi connectivity index (χ0v) is 16.6. The normalized spacial score (nSPS) is 13.5. The third-order valence-corrected chi connectivity index (χ3v) is 5.37. The highest BCUT2D eigenvalue weighted by atomic mass is 16.3. The van der Waals surface area contributed by atoms with E-state index >= 15 is 0 Å². The Labute approximate surface area is 174 Å². The molecule has 7 heteroatoms. The molecule has 2 aromatic carbocycles. The molecule has 152 valence electrons. The van der Waals surface area contributed by atoms with Crippen LogP contribution >= 0.6 is 0 Å². The number of aromatic nitrogens is 3. The van der Waals surface area contributed by atoms with Crippen molar-refractivity contribution in [2.24, 2.45) is 0 Å². The van der Waals surface area contributed by atoms with Crippen molar-refractivity contribution in [2.45, 2.75) is 25.4 Å². The van der Waals surface area contributed by atoms with Crippen molar-refractivity contribution in [3.05, 3.63) is 60.2 Å². The van der Waals surface area contributed by atoms with Crippen LogP contribution in [0.15, 0.2) is 54.6 Å². The smallest absolute Gasteiger partial charge is 0.224 e. The van der Waals surface area contributed by atoms with Gasteiger partial charge in [0.1, 0.15) is 5.82 Å². The lowest BCUT2D eigenvalue weighted by Crippen LogP contribution is -2.07. The number of anilines is 2. The van der Waals surface area contributed by atoms with Crippen LogP contribution in [0.4, 0.5) is 11.8 Å². The lowest BCUT2D eigenvalue weighted by atomic mass is 10.0. The van der Waals surface area contributed by atoms with Crippen molar-refractivity contribution in [1.29, 1.82) is 0 Å². The number of nitrogens with one attached hydrogen (secondary N) is 2. The third-order valence-electron chi connectivity index (χ3n) is 5.37. The summed E-state index contributed by atoms with van der Waals surface area (Å²) in [6.45, 7) is 0.384. The van der Waals surface area contributed by atoms with Gasteiger partial charge in [0, 0.05) is 30.6 Å². The van der Waals surface area contributed by atoms with Crippen LogP contribution in [-0.4, -0.2) is 37.8 Å². The van der Waals surface area contributed by atoms with E-state index in [0.29, 0.717) is 18.5 Å². The van der Waals surface area contributed by atoms with E-state index in [-0.39, 0.29) is 11.8 Å². The molecule has 1 aliphatic rings. The first-order chi connectivity index (χ1) is 14.6. The van der Waals surface area contributed by atoms with Gasteiger partial charge in [-0.25, -0.2) is 4.98 Å². The number of aromatic hydroxyl groups is 2. The minimum atomic E-state index is 0.0388. The number of fused-ring (bicyclic) bond motifs is 1. The van der Waals surface area contributed by atoms with E-state index in [1.54, 1.807) is 0 Å². The van der Waals surface area contributed by atoms with Crippen molar-refractivity contribution >= 4 is 22.7 Å². The molecule has 0 atom stereocenters. The third kappa shape index (κ3) is 3.50. The molecule has 2 aromatic heterocycles. The second kappa shape index (κ2) is 7.26. The molecule has 1 saturated carbocycles. The average molecular weight is 401 g/mol. The molecule has 7 nitrogen and oxygen atoms in total. The maximum absolute atomic E-state index is 9.92. The number of benzene rings is 2. The van der Waals surface area contributed by atoms with E-state index in [9.17, 15) is 10.2 Å². The number of hydrogen-bond acceptors (Lipinski definition) is 6. The monoisotopic (exact) mass is 401 g/mol. The molecule has 0 radical (unpaired) electrons. The molecule has 0 spiro atoms. The second-order valence-electron chi connectivity index (χ2n) is 7.63. The Morgan fingerprint density at radius 2 is 1.73 bits per heavy atom. The number of rotatable bonds is 6. The molecule has 0 bridgehead atoms. The lowest BCUT2D eigenvalue weighted by molar-refractivity contribution is 0.377. The zero-order chi connectivity index (χ0) is 20.7. The van der Waals surface area contributed by atoms with Gasteiger partial charge in [0.15, 0.2) is 11.8 Å². The Bertz CT molecular complexity index is 1210. The quantitative estimate of drug-likeness (QED) is 0.387. The summed E-state index contributed by atoms with van der Waals surface area (Å²) in [4.78, 5) is 9.21. The predicted molar refractivity (Wildman–Crippen MR) is 118 cm³/mol. The molecule has 1 fully saturated rings. The Morgan fingerprint density at radius 3 is 2.47 bits per heavy atom. The highest BCUT2D eigenvalue weighted by molar-refractivity contribution is 5.93. The van der Waals surface area contributed by atoms with Gasteiger partial charge in [0.05, 0.1) is 12.1 Å². The van der Waals surface area contributed by atoms with Crippen molar-refractivity contribution < 1.29 is 10.2 Å². The predicted octanol–water partition coefficient (Wildman–Crippen LogP) is 4.17. The molecule has 0 amide bonds. The molecule has 30 heavy (non-hydrogen) atoms. The van der Waals surface area contributed by atoms with E-state index in [2.05, 4.69) is 44.9 Å². The van der Waals surface area contributed by atoms with Crippen molar-refractivity contribution in [1.82, 2.24) is 14.5 Å². The molecule has 4 aromatic rings. The van der Waals surface area contributed by atoms with Crippen molar-refractivity contribution in [2.75, 3.05) is 17.7 Å². The number of nitrogens with zero attached hydrogens (tertiary/aromatic N) is 3. The zero-order valence-electron chi connectivity index (χ0n) is 16.6. The van der Waals surface area contributed by atoms with Crippen LogP contribution in [0.25, 0.3) is 22.0 Å². The van der Waals surface area contributed by atoms with E-state index in [4.69, 9.17) is 0 Å². The summed E-state index contributed by atoms with van der Waals surface area (Å²) < 4.78 is 1.46. The maximum atomic E-state index is 9.92. The molecule has 4 N–H and O–H groups in total. The van der Waals surface area contributed by atoms with Gasteiger partial charge in [-0.05, 0) is 47.7 Å². The minimum absolute atomic E-state index is 0.0388. The summed E-state index contributed by atoms with van der Waals surface area (Å²) in [5, 5.41) is 27.4. The Balaban J connectivity index is 1.53. The van der Waals surface area contributed by atoms with E-state index in [1.807, 2.05) is 25.2 Å². The molecule has 0 aliphatic heterocycles. The van der Waals surface area contributed by atoms with E-state index in [1.165, 1.54) is 29.5 Å². The molecule has 5 rings (SSSR count). The molecular weight excluding hydrogens is 378 g/mol. The van der Waals surface area contributed by atoms with Gasteiger partial charge in [0.2, 0.25) is 5.95 Å². The van der Waals surface area contributed by atoms with Crippen LogP contribution in [0.1, 0.15) is 18.4 Å². The first-order valence-corrected chi connectivity index (χ1v) is 10.0.